The Bertz CT molecular complexity index is 548. The number of nitrogens with zero attached hydrogens (tertiary/aromatic N) is 1. The lowest BCUT2D eigenvalue weighted by Crippen LogP contribution is -2.10. The molecule has 19 heavy (non-hydrogen) atoms. The first-order valence-electron chi connectivity index (χ1n) is 5.67. The summed E-state index contributed by atoms with van der Waals surface area (Å²) in [5.41, 5.74) is 1.45. The number of hydrogen-bond donors (Lipinski definition) is 1. The van der Waals surface area contributed by atoms with Crippen molar-refractivity contribution in [2.45, 2.75) is 13.5 Å². The number of rotatable bonds is 4. The fourth-order valence-electron chi connectivity index (χ4n) is 1.44. The average molecular weight is 262 g/mol. The number of carbonyl (C=O) groups excluding carboxylic acids is 1. The maximum atomic E-state index is 11.0. The Morgan fingerprint density at radius 3 is 2.68 bits per heavy atom. The van der Waals surface area contributed by atoms with Gasteiger partial charge in [-0.3, -0.25) is 5.32 Å². The van der Waals surface area contributed by atoms with Gasteiger partial charge in [-0.15, -0.1) is 0 Å². The molecular formula is C13H14N2O4. The minimum absolute atomic E-state index is 0.310. The molecule has 1 amide bonds. The van der Waals surface area contributed by atoms with Crippen LogP contribution in [0.3, 0.4) is 0 Å². The summed E-state index contributed by atoms with van der Waals surface area (Å²) in [7, 11) is 1.31. The van der Waals surface area contributed by atoms with Crippen LogP contribution in [-0.2, 0) is 11.3 Å². The lowest BCUT2D eigenvalue weighted by atomic mass is 10.3. The van der Waals surface area contributed by atoms with Crippen molar-refractivity contribution in [3.63, 3.8) is 0 Å². The molecule has 0 spiro atoms. The molecule has 0 fully saturated rings. The summed E-state index contributed by atoms with van der Waals surface area (Å²) in [6, 6.07) is 8.74. The van der Waals surface area contributed by atoms with Gasteiger partial charge in [0.25, 0.3) is 0 Å². The highest BCUT2D eigenvalue weighted by Gasteiger charge is 2.03. The van der Waals surface area contributed by atoms with Crippen molar-refractivity contribution < 1.29 is 18.8 Å². The van der Waals surface area contributed by atoms with Crippen LogP contribution < -0.4 is 10.1 Å². The van der Waals surface area contributed by atoms with Crippen LogP contribution in [0.2, 0.25) is 0 Å². The molecule has 0 atom stereocenters. The van der Waals surface area contributed by atoms with E-state index in [4.69, 9.17) is 9.26 Å². The smallest absolute Gasteiger partial charge is 0.411 e. The highest BCUT2D eigenvalue weighted by Crippen LogP contribution is 2.17. The molecule has 6 nitrogen and oxygen atoms in total. The van der Waals surface area contributed by atoms with E-state index in [9.17, 15) is 4.79 Å². The molecule has 0 bridgehead atoms. The lowest BCUT2D eigenvalue weighted by Gasteiger charge is -2.06. The van der Waals surface area contributed by atoms with Crippen LogP contribution in [0.1, 0.15) is 11.5 Å². The second kappa shape index (κ2) is 5.90. The van der Waals surface area contributed by atoms with Crippen LogP contribution in [0.4, 0.5) is 10.5 Å². The molecule has 0 saturated carbocycles. The first-order valence-corrected chi connectivity index (χ1v) is 5.67. The quantitative estimate of drug-likeness (QED) is 0.917. The van der Waals surface area contributed by atoms with Crippen molar-refractivity contribution in [1.82, 2.24) is 5.16 Å². The summed E-state index contributed by atoms with van der Waals surface area (Å²) in [5, 5.41) is 6.32. The zero-order valence-corrected chi connectivity index (χ0v) is 10.7. The fraction of sp³-hybridized carbons (Fsp3) is 0.231. The summed E-state index contributed by atoms with van der Waals surface area (Å²) >= 11 is 0. The Morgan fingerprint density at radius 2 is 2.11 bits per heavy atom. The lowest BCUT2D eigenvalue weighted by molar-refractivity contribution is 0.187. The first-order chi connectivity index (χ1) is 9.17. The van der Waals surface area contributed by atoms with Crippen molar-refractivity contribution >= 4 is 11.8 Å². The topological polar surface area (TPSA) is 73.6 Å². The fourth-order valence-corrected chi connectivity index (χ4v) is 1.44. The van der Waals surface area contributed by atoms with E-state index in [1.807, 2.05) is 13.0 Å². The highest BCUT2D eigenvalue weighted by atomic mass is 16.5. The maximum Gasteiger partial charge on any atom is 0.411 e. The summed E-state index contributed by atoms with van der Waals surface area (Å²) < 4.78 is 15.0. The van der Waals surface area contributed by atoms with Crippen molar-refractivity contribution in [3.05, 3.63) is 41.8 Å². The molecule has 0 saturated heterocycles. The van der Waals surface area contributed by atoms with Crippen LogP contribution in [0.25, 0.3) is 0 Å². The number of anilines is 1. The Kier molecular flexibility index (Phi) is 4.02. The summed E-state index contributed by atoms with van der Waals surface area (Å²) in [6.45, 7) is 2.16. The molecular weight excluding hydrogens is 248 g/mol. The average Bonchev–Trinajstić information content (AvgIpc) is 2.83. The van der Waals surface area contributed by atoms with Gasteiger partial charge in [-0.1, -0.05) is 5.16 Å². The van der Waals surface area contributed by atoms with Gasteiger partial charge in [-0.25, -0.2) is 4.79 Å². The van der Waals surface area contributed by atoms with E-state index in [0.29, 0.717) is 23.8 Å². The first kappa shape index (κ1) is 12.9. The van der Waals surface area contributed by atoms with E-state index in [1.165, 1.54) is 7.11 Å². The van der Waals surface area contributed by atoms with Crippen LogP contribution in [0, 0.1) is 6.92 Å². The zero-order valence-electron chi connectivity index (χ0n) is 10.7. The molecule has 2 rings (SSSR count). The predicted octanol–water partition coefficient (Wildman–Crippen LogP) is 2.74. The second-order valence-electron chi connectivity index (χ2n) is 3.86. The van der Waals surface area contributed by atoms with Crippen LogP contribution in [-0.4, -0.2) is 18.4 Å². The molecule has 1 aromatic heterocycles. The SMILES string of the molecule is COC(=O)Nc1ccc(OCc2cc(C)no2)cc1. The van der Waals surface area contributed by atoms with E-state index < -0.39 is 6.09 Å². The van der Waals surface area contributed by atoms with Gasteiger partial charge < -0.3 is 14.0 Å². The predicted molar refractivity (Wildman–Crippen MR) is 68.0 cm³/mol. The standard InChI is InChI=1S/C13H14N2O4/c1-9-7-12(19-15-9)8-18-11-5-3-10(4-6-11)14-13(16)17-2/h3-7H,8H2,1-2H3,(H,14,16). The van der Waals surface area contributed by atoms with Crippen LogP contribution >= 0.6 is 0 Å². The molecule has 0 radical (unpaired) electrons. The number of ether oxygens (including phenoxy) is 2. The normalized spacial score (nSPS) is 10.0. The van der Waals surface area contributed by atoms with E-state index >= 15 is 0 Å². The number of methoxy groups -OCH3 is 1. The number of aromatic nitrogens is 1. The van der Waals surface area contributed by atoms with Crippen molar-refractivity contribution in [1.29, 1.82) is 0 Å². The maximum absolute atomic E-state index is 11.0. The number of aryl methyl sites for hydroxylation is 1. The van der Waals surface area contributed by atoms with Crippen molar-refractivity contribution in [3.8, 4) is 5.75 Å². The largest absolute Gasteiger partial charge is 0.486 e. The third-order valence-corrected chi connectivity index (χ3v) is 2.34. The Hall–Kier alpha value is -2.50. The summed E-state index contributed by atoms with van der Waals surface area (Å²) in [5.74, 6) is 1.33. The van der Waals surface area contributed by atoms with Gasteiger partial charge in [0.1, 0.15) is 12.4 Å². The van der Waals surface area contributed by atoms with Gasteiger partial charge in [0.05, 0.1) is 12.8 Å². The minimum atomic E-state index is -0.509. The number of carbonyl (C=O) groups is 1. The van der Waals surface area contributed by atoms with Gasteiger partial charge in [-0.2, -0.15) is 0 Å². The molecule has 0 aliphatic heterocycles. The van der Waals surface area contributed by atoms with Gasteiger partial charge >= 0.3 is 6.09 Å². The monoisotopic (exact) mass is 262 g/mol. The minimum Gasteiger partial charge on any atom is -0.486 e. The van der Waals surface area contributed by atoms with Gasteiger partial charge in [0, 0.05) is 11.8 Å². The number of nitrogens with one attached hydrogen (secondary N) is 1. The second-order valence-corrected chi connectivity index (χ2v) is 3.86. The molecule has 0 aliphatic rings. The molecule has 1 aromatic carbocycles. The van der Waals surface area contributed by atoms with Crippen molar-refractivity contribution in [2.24, 2.45) is 0 Å². The Balaban J connectivity index is 1.89. The zero-order chi connectivity index (χ0) is 13.7. The van der Waals surface area contributed by atoms with E-state index in [2.05, 4.69) is 15.2 Å². The Morgan fingerprint density at radius 1 is 1.37 bits per heavy atom. The summed E-state index contributed by atoms with van der Waals surface area (Å²) in [6.07, 6.45) is -0.509. The number of benzene rings is 1. The number of amides is 1. The van der Waals surface area contributed by atoms with E-state index in [-0.39, 0.29) is 0 Å². The van der Waals surface area contributed by atoms with Gasteiger partial charge in [-0.05, 0) is 31.2 Å². The molecule has 100 valence electrons. The Labute approximate surface area is 110 Å². The third kappa shape index (κ3) is 3.74. The van der Waals surface area contributed by atoms with Crippen LogP contribution in [0.15, 0.2) is 34.9 Å². The number of hydrogen-bond acceptors (Lipinski definition) is 5. The molecule has 1 heterocycles. The third-order valence-electron chi connectivity index (χ3n) is 2.34. The van der Waals surface area contributed by atoms with Crippen molar-refractivity contribution in [2.75, 3.05) is 12.4 Å². The van der Waals surface area contributed by atoms with E-state index in [0.717, 1.165) is 5.69 Å². The molecule has 2 aromatic rings. The molecule has 1 N–H and O–H groups in total. The van der Waals surface area contributed by atoms with Gasteiger partial charge in [0.2, 0.25) is 0 Å². The highest BCUT2D eigenvalue weighted by molar-refractivity contribution is 5.84. The van der Waals surface area contributed by atoms with Gasteiger partial charge in [0.15, 0.2) is 5.76 Å². The van der Waals surface area contributed by atoms with Crippen LogP contribution in [0.5, 0.6) is 5.75 Å². The van der Waals surface area contributed by atoms with E-state index in [1.54, 1.807) is 24.3 Å². The molecule has 6 heteroatoms. The molecule has 0 aliphatic carbocycles. The molecule has 0 unspecified atom stereocenters. The summed E-state index contributed by atoms with van der Waals surface area (Å²) in [4.78, 5) is 11.0.